The van der Waals surface area contributed by atoms with Crippen LogP contribution in [0, 0.1) is 0 Å². The molecule has 2 aliphatic rings. The molecule has 1 saturated heterocycles. The zero-order valence-corrected chi connectivity index (χ0v) is 9.55. The third-order valence-electron chi connectivity index (χ3n) is 3.19. The van der Waals surface area contributed by atoms with Crippen molar-refractivity contribution in [3.63, 3.8) is 0 Å². The molecule has 1 aromatic rings. The Labute approximate surface area is 103 Å². The van der Waals surface area contributed by atoms with Crippen LogP contribution in [-0.4, -0.2) is 42.7 Å². The molecule has 94 valence electrons. The van der Waals surface area contributed by atoms with Gasteiger partial charge < -0.3 is 20.1 Å². The van der Waals surface area contributed by atoms with Crippen molar-refractivity contribution in [3.8, 4) is 5.75 Å². The molecule has 2 heterocycles. The largest absolute Gasteiger partial charge is 0.489 e. The molecule has 18 heavy (non-hydrogen) atoms. The van der Waals surface area contributed by atoms with Gasteiger partial charge in [-0.3, -0.25) is 4.79 Å². The van der Waals surface area contributed by atoms with Gasteiger partial charge in [0.15, 0.2) is 0 Å². The van der Waals surface area contributed by atoms with E-state index >= 15 is 0 Å². The number of ether oxygens (including phenoxy) is 1. The average molecular weight is 248 g/mol. The first-order chi connectivity index (χ1) is 8.66. The Hall–Kier alpha value is -2.08. The lowest BCUT2D eigenvalue weighted by Gasteiger charge is -2.40. The van der Waals surface area contributed by atoms with E-state index in [4.69, 9.17) is 9.84 Å². The number of benzene rings is 1. The lowest BCUT2D eigenvalue weighted by atomic mass is 10.1. The first kappa shape index (κ1) is 11.0. The van der Waals surface area contributed by atoms with E-state index in [-0.39, 0.29) is 17.5 Å². The summed E-state index contributed by atoms with van der Waals surface area (Å²) in [5.74, 6) is -0.560. The average Bonchev–Trinajstić information content (AvgIpc) is 2.37. The van der Waals surface area contributed by atoms with Gasteiger partial charge in [-0.05, 0) is 18.2 Å². The predicted molar refractivity (Wildman–Crippen MR) is 63.0 cm³/mol. The Morgan fingerprint density at radius 3 is 3.11 bits per heavy atom. The molecule has 1 unspecified atom stereocenters. The number of carbonyl (C=O) groups excluding carboxylic acids is 1. The minimum Gasteiger partial charge on any atom is -0.489 e. The summed E-state index contributed by atoms with van der Waals surface area (Å²) in [4.78, 5) is 24.5. The molecule has 0 bridgehead atoms. The second kappa shape index (κ2) is 3.99. The Morgan fingerprint density at radius 1 is 1.50 bits per heavy atom. The van der Waals surface area contributed by atoms with Crippen molar-refractivity contribution in [1.29, 1.82) is 0 Å². The number of hydrogen-bond donors (Lipinski definition) is 2. The Bertz CT molecular complexity index is 529. The van der Waals surface area contributed by atoms with Crippen LogP contribution in [0.1, 0.15) is 10.4 Å². The second-order valence-electron chi connectivity index (χ2n) is 4.35. The molecule has 0 saturated carbocycles. The molecular weight excluding hydrogens is 236 g/mol. The molecule has 0 aliphatic carbocycles. The summed E-state index contributed by atoms with van der Waals surface area (Å²) in [6.45, 7) is 1.37. The maximum Gasteiger partial charge on any atom is 0.335 e. The van der Waals surface area contributed by atoms with E-state index in [9.17, 15) is 9.59 Å². The number of amides is 1. The summed E-state index contributed by atoms with van der Waals surface area (Å²) in [6.07, 6.45) is 0. The lowest BCUT2D eigenvalue weighted by Crippen LogP contribution is -2.58. The maximum atomic E-state index is 11.9. The zero-order valence-electron chi connectivity index (χ0n) is 9.55. The molecule has 2 N–H and O–H groups in total. The molecule has 1 aromatic carbocycles. The monoisotopic (exact) mass is 248 g/mol. The third-order valence-corrected chi connectivity index (χ3v) is 3.19. The molecule has 1 amide bonds. The Balaban J connectivity index is 2.03. The van der Waals surface area contributed by atoms with E-state index in [0.29, 0.717) is 31.1 Å². The molecule has 0 spiro atoms. The first-order valence-corrected chi connectivity index (χ1v) is 5.70. The normalized spacial score (nSPS) is 21.9. The van der Waals surface area contributed by atoms with Crippen molar-refractivity contribution in [3.05, 3.63) is 23.8 Å². The molecule has 6 heteroatoms. The quantitative estimate of drug-likeness (QED) is 0.736. The first-order valence-electron chi connectivity index (χ1n) is 5.70. The summed E-state index contributed by atoms with van der Waals surface area (Å²) >= 11 is 0. The highest BCUT2D eigenvalue weighted by atomic mass is 16.5. The lowest BCUT2D eigenvalue weighted by molar-refractivity contribution is -0.119. The van der Waals surface area contributed by atoms with E-state index < -0.39 is 5.97 Å². The van der Waals surface area contributed by atoms with Gasteiger partial charge in [-0.25, -0.2) is 4.79 Å². The molecule has 1 fully saturated rings. The number of rotatable bonds is 1. The summed E-state index contributed by atoms with van der Waals surface area (Å²) in [5.41, 5.74) is 0.817. The second-order valence-corrected chi connectivity index (χ2v) is 4.35. The minimum atomic E-state index is -1.00. The standard InChI is InChI=1S/C12H12N2O4/c15-11-5-13-4-8-6-18-10-3-7(12(16)17)1-2-9(10)14(8)11/h1-3,8,13H,4-6H2,(H,16,17). The Morgan fingerprint density at radius 2 is 2.33 bits per heavy atom. The van der Waals surface area contributed by atoms with Crippen molar-refractivity contribution in [2.24, 2.45) is 0 Å². The van der Waals surface area contributed by atoms with E-state index in [0.717, 1.165) is 0 Å². The van der Waals surface area contributed by atoms with Crippen molar-refractivity contribution >= 4 is 17.6 Å². The number of aromatic carboxylic acids is 1. The van der Waals surface area contributed by atoms with E-state index in [1.165, 1.54) is 12.1 Å². The number of nitrogens with one attached hydrogen (secondary N) is 1. The molecule has 2 aliphatic heterocycles. The van der Waals surface area contributed by atoms with E-state index in [1.807, 2.05) is 0 Å². The fourth-order valence-electron chi connectivity index (χ4n) is 2.34. The fraction of sp³-hybridized carbons (Fsp3) is 0.333. The highest BCUT2D eigenvalue weighted by Crippen LogP contribution is 2.35. The van der Waals surface area contributed by atoms with Crippen LogP contribution < -0.4 is 15.0 Å². The van der Waals surface area contributed by atoms with Gasteiger partial charge >= 0.3 is 5.97 Å². The van der Waals surface area contributed by atoms with Crippen LogP contribution in [0.2, 0.25) is 0 Å². The fourth-order valence-corrected chi connectivity index (χ4v) is 2.34. The Kier molecular flexibility index (Phi) is 2.45. The van der Waals surface area contributed by atoms with E-state index in [1.54, 1.807) is 11.0 Å². The van der Waals surface area contributed by atoms with Gasteiger partial charge in [0.1, 0.15) is 12.4 Å². The predicted octanol–water partition coefficient (Wildman–Crippen LogP) is 0.0820. The summed E-state index contributed by atoms with van der Waals surface area (Å²) in [7, 11) is 0. The van der Waals surface area contributed by atoms with Gasteiger partial charge in [-0.15, -0.1) is 0 Å². The summed E-state index contributed by atoms with van der Waals surface area (Å²) in [5, 5.41) is 12.0. The highest BCUT2D eigenvalue weighted by Gasteiger charge is 2.35. The maximum absolute atomic E-state index is 11.9. The van der Waals surface area contributed by atoms with Crippen LogP contribution in [0.15, 0.2) is 18.2 Å². The molecule has 0 aromatic heterocycles. The number of carbonyl (C=O) groups is 2. The number of piperazine rings is 1. The molecule has 0 radical (unpaired) electrons. The van der Waals surface area contributed by atoms with Crippen LogP contribution in [0.4, 0.5) is 5.69 Å². The van der Waals surface area contributed by atoms with Crippen molar-refractivity contribution in [2.75, 3.05) is 24.6 Å². The van der Waals surface area contributed by atoms with Crippen molar-refractivity contribution < 1.29 is 19.4 Å². The number of hydrogen-bond acceptors (Lipinski definition) is 4. The molecular formula is C12H12N2O4. The van der Waals surface area contributed by atoms with Gasteiger partial charge in [0.05, 0.1) is 23.8 Å². The summed E-state index contributed by atoms with van der Waals surface area (Å²) in [6, 6.07) is 4.56. The SMILES string of the molecule is O=C(O)c1ccc2c(c1)OCC1CNCC(=O)N21. The van der Waals surface area contributed by atoms with Gasteiger partial charge in [0.2, 0.25) is 5.91 Å². The number of fused-ring (bicyclic) bond motifs is 3. The van der Waals surface area contributed by atoms with Gasteiger partial charge in [0, 0.05) is 6.54 Å². The van der Waals surface area contributed by atoms with Gasteiger partial charge in [-0.1, -0.05) is 0 Å². The van der Waals surface area contributed by atoms with Crippen molar-refractivity contribution in [1.82, 2.24) is 5.32 Å². The van der Waals surface area contributed by atoms with Crippen molar-refractivity contribution in [2.45, 2.75) is 6.04 Å². The molecule has 6 nitrogen and oxygen atoms in total. The third kappa shape index (κ3) is 1.62. The van der Waals surface area contributed by atoms with Crippen LogP contribution in [0.25, 0.3) is 0 Å². The minimum absolute atomic E-state index is 0.0149. The smallest absolute Gasteiger partial charge is 0.335 e. The number of anilines is 1. The molecule has 3 rings (SSSR count). The zero-order chi connectivity index (χ0) is 12.7. The van der Waals surface area contributed by atoms with Crippen LogP contribution in [0.5, 0.6) is 5.75 Å². The summed E-state index contributed by atoms with van der Waals surface area (Å²) < 4.78 is 5.53. The van der Waals surface area contributed by atoms with Gasteiger partial charge in [0.25, 0.3) is 0 Å². The molecule has 1 atom stereocenters. The van der Waals surface area contributed by atoms with Crippen LogP contribution >= 0.6 is 0 Å². The van der Waals surface area contributed by atoms with E-state index in [2.05, 4.69) is 5.32 Å². The van der Waals surface area contributed by atoms with Gasteiger partial charge in [-0.2, -0.15) is 0 Å². The van der Waals surface area contributed by atoms with Crippen LogP contribution in [0.3, 0.4) is 0 Å². The van der Waals surface area contributed by atoms with Crippen LogP contribution in [-0.2, 0) is 4.79 Å². The number of carboxylic acids is 1. The highest BCUT2D eigenvalue weighted by molar-refractivity contribution is 5.99. The topological polar surface area (TPSA) is 78.9 Å². The number of nitrogens with zero attached hydrogens (tertiary/aromatic N) is 1. The number of carboxylic acid groups (broad SMARTS) is 1.